The van der Waals surface area contributed by atoms with E-state index in [0.29, 0.717) is 29.3 Å². The molecule has 4 rings (SSSR count). The normalized spacial score (nSPS) is 12.3. The van der Waals surface area contributed by atoms with Crippen LogP contribution in [0.2, 0.25) is 5.02 Å². The highest BCUT2D eigenvalue weighted by atomic mass is 35.5. The van der Waals surface area contributed by atoms with Crippen molar-refractivity contribution >= 4 is 23.0 Å². The molecular formula is C28H30ClN3O2. The van der Waals surface area contributed by atoms with E-state index in [-0.39, 0.29) is 17.8 Å². The molecule has 34 heavy (non-hydrogen) atoms. The smallest absolute Gasteiger partial charge is 0.163 e. The van der Waals surface area contributed by atoms with Gasteiger partial charge < -0.3 is 14.9 Å². The van der Waals surface area contributed by atoms with Crippen LogP contribution in [0.4, 0.5) is 0 Å². The van der Waals surface area contributed by atoms with Gasteiger partial charge in [-0.15, -0.1) is 0 Å². The minimum atomic E-state index is 0.0175. The zero-order valence-corrected chi connectivity index (χ0v) is 20.5. The molecule has 0 unspecified atom stereocenters. The van der Waals surface area contributed by atoms with E-state index >= 15 is 0 Å². The van der Waals surface area contributed by atoms with Crippen molar-refractivity contribution < 1.29 is 9.53 Å². The van der Waals surface area contributed by atoms with Crippen molar-refractivity contribution in [1.82, 2.24) is 9.38 Å². The van der Waals surface area contributed by atoms with Crippen molar-refractivity contribution in [2.75, 3.05) is 6.54 Å². The standard InChI is InChI=1S/C28H30ClN3O2/c1-18(2)34-27-11-10-23(15-24(27)29)26(33)14-21(16-30)13-20-6-8-22(9-7-20)25-17-32-12-4-5-19(3)28(32)31-25/h4-12,15,17-18,21H,13-14,16,30H2,1-3H3/t21-/m1/s1. The summed E-state index contributed by atoms with van der Waals surface area (Å²) in [7, 11) is 0. The quantitative estimate of drug-likeness (QED) is 0.295. The van der Waals surface area contributed by atoms with Gasteiger partial charge in [-0.1, -0.05) is 41.9 Å². The molecule has 0 aliphatic rings. The van der Waals surface area contributed by atoms with E-state index < -0.39 is 0 Å². The fraction of sp³-hybridized carbons (Fsp3) is 0.286. The summed E-state index contributed by atoms with van der Waals surface area (Å²) in [5, 5.41) is 0.446. The van der Waals surface area contributed by atoms with Gasteiger partial charge in [-0.05, 0) is 75.0 Å². The van der Waals surface area contributed by atoms with Crippen LogP contribution >= 0.6 is 11.6 Å². The van der Waals surface area contributed by atoms with E-state index in [4.69, 9.17) is 27.1 Å². The zero-order chi connectivity index (χ0) is 24.2. The van der Waals surface area contributed by atoms with Crippen molar-refractivity contribution in [2.45, 2.75) is 39.7 Å². The van der Waals surface area contributed by atoms with Gasteiger partial charge in [0.2, 0.25) is 0 Å². The molecule has 2 heterocycles. The van der Waals surface area contributed by atoms with Crippen LogP contribution in [-0.4, -0.2) is 27.8 Å². The number of fused-ring (bicyclic) bond motifs is 1. The predicted molar refractivity (Wildman–Crippen MR) is 138 cm³/mol. The van der Waals surface area contributed by atoms with Gasteiger partial charge in [0.05, 0.1) is 16.8 Å². The lowest BCUT2D eigenvalue weighted by atomic mass is 9.91. The van der Waals surface area contributed by atoms with Crippen molar-refractivity contribution in [2.24, 2.45) is 11.7 Å². The summed E-state index contributed by atoms with van der Waals surface area (Å²) in [6.07, 6.45) is 5.17. The number of nitrogens with zero attached hydrogens (tertiary/aromatic N) is 2. The van der Waals surface area contributed by atoms with Gasteiger partial charge in [0, 0.05) is 29.9 Å². The number of carbonyl (C=O) groups excluding carboxylic acids is 1. The highest BCUT2D eigenvalue weighted by molar-refractivity contribution is 6.32. The zero-order valence-electron chi connectivity index (χ0n) is 19.8. The Kier molecular flexibility index (Phi) is 7.35. The average Bonchev–Trinajstić information content (AvgIpc) is 3.26. The molecule has 0 saturated heterocycles. The average molecular weight is 476 g/mol. The Labute approximate surface area is 205 Å². The molecule has 6 heteroatoms. The molecule has 1 atom stereocenters. The van der Waals surface area contributed by atoms with Crippen LogP contribution < -0.4 is 10.5 Å². The summed E-state index contributed by atoms with van der Waals surface area (Å²) < 4.78 is 7.70. The van der Waals surface area contributed by atoms with Crippen LogP contribution in [0.1, 0.15) is 41.8 Å². The first-order valence-electron chi connectivity index (χ1n) is 11.6. The van der Waals surface area contributed by atoms with Gasteiger partial charge in [0.1, 0.15) is 11.4 Å². The molecule has 176 valence electrons. The fourth-order valence-corrected chi connectivity index (χ4v) is 4.31. The highest BCUT2D eigenvalue weighted by Crippen LogP contribution is 2.28. The first-order chi connectivity index (χ1) is 16.3. The first-order valence-corrected chi connectivity index (χ1v) is 11.9. The number of aryl methyl sites for hydroxylation is 1. The number of ketones is 1. The number of ether oxygens (including phenoxy) is 1. The van der Waals surface area contributed by atoms with Crippen LogP contribution in [0.5, 0.6) is 5.75 Å². The number of nitrogens with two attached hydrogens (primary N) is 1. The molecule has 0 saturated carbocycles. The Morgan fingerprint density at radius 3 is 2.56 bits per heavy atom. The molecule has 2 aromatic carbocycles. The lowest BCUT2D eigenvalue weighted by molar-refractivity contribution is 0.0962. The first kappa shape index (κ1) is 24.0. The summed E-state index contributed by atoms with van der Waals surface area (Å²) >= 11 is 6.31. The van der Waals surface area contributed by atoms with Crippen LogP contribution in [0.25, 0.3) is 16.9 Å². The minimum Gasteiger partial charge on any atom is -0.489 e. The van der Waals surface area contributed by atoms with E-state index in [2.05, 4.69) is 37.3 Å². The summed E-state index contributed by atoms with van der Waals surface area (Å²) in [4.78, 5) is 17.6. The van der Waals surface area contributed by atoms with Crippen molar-refractivity contribution in [3.63, 3.8) is 0 Å². The van der Waals surface area contributed by atoms with Gasteiger partial charge in [0.15, 0.2) is 5.78 Å². The number of pyridine rings is 1. The summed E-state index contributed by atoms with van der Waals surface area (Å²) in [6.45, 7) is 6.37. The third-order valence-electron chi connectivity index (χ3n) is 5.88. The number of halogens is 1. The van der Waals surface area contributed by atoms with E-state index in [9.17, 15) is 4.79 Å². The molecule has 2 aromatic heterocycles. The Hall–Kier alpha value is -3.15. The molecule has 4 aromatic rings. The van der Waals surface area contributed by atoms with E-state index in [1.165, 1.54) is 0 Å². The number of hydrogen-bond acceptors (Lipinski definition) is 4. The number of imidazole rings is 1. The lowest BCUT2D eigenvalue weighted by Gasteiger charge is -2.15. The number of carbonyl (C=O) groups is 1. The van der Waals surface area contributed by atoms with Gasteiger partial charge in [-0.2, -0.15) is 0 Å². The van der Waals surface area contributed by atoms with Crippen LogP contribution in [0, 0.1) is 12.8 Å². The second-order valence-corrected chi connectivity index (χ2v) is 9.40. The van der Waals surface area contributed by atoms with E-state index in [0.717, 1.165) is 34.5 Å². The Balaban J connectivity index is 1.42. The van der Waals surface area contributed by atoms with Gasteiger partial charge in [-0.3, -0.25) is 4.79 Å². The predicted octanol–water partition coefficient (Wildman–Crippen LogP) is 6.14. The minimum absolute atomic E-state index is 0.0175. The maximum Gasteiger partial charge on any atom is 0.163 e. The van der Waals surface area contributed by atoms with Crippen molar-refractivity contribution in [1.29, 1.82) is 0 Å². The van der Waals surface area contributed by atoms with E-state index in [1.807, 2.05) is 36.7 Å². The maximum atomic E-state index is 12.9. The second kappa shape index (κ2) is 10.4. The van der Waals surface area contributed by atoms with Crippen LogP contribution in [0.3, 0.4) is 0 Å². The molecule has 0 bridgehead atoms. The number of rotatable bonds is 9. The molecule has 0 spiro atoms. The number of aromatic nitrogens is 2. The topological polar surface area (TPSA) is 69.6 Å². The number of Topliss-reactive ketones (excluding diaryl/α,β-unsaturated/α-hetero) is 1. The summed E-state index contributed by atoms with van der Waals surface area (Å²) in [6, 6.07) is 17.6. The molecule has 5 nitrogen and oxygen atoms in total. The van der Waals surface area contributed by atoms with Gasteiger partial charge in [0.25, 0.3) is 0 Å². The number of hydrogen-bond donors (Lipinski definition) is 1. The van der Waals surface area contributed by atoms with Crippen molar-refractivity contribution in [3.8, 4) is 17.0 Å². The molecular weight excluding hydrogens is 446 g/mol. The largest absolute Gasteiger partial charge is 0.489 e. The lowest BCUT2D eigenvalue weighted by Crippen LogP contribution is -2.20. The Morgan fingerprint density at radius 1 is 1.15 bits per heavy atom. The molecule has 0 aliphatic heterocycles. The molecule has 0 radical (unpaired) electrons. The molecule has 0 aliphatic carbocycles. The molecule has 0 amide bonds. The van der Waals surface area contributed by atoms with Crippen LogP contribution in [0.15, 0.2) is 67.0 Å². The Bertz CT molecular complexity index is 1300. The highest BCUT2D eigenvalue weighted by Gasteiger charge is 2.17. The summed E-state index contributed by atoms with van der Waals surface area (Å²) in [5.74, 6) is 0.663. The van der Waals surface area contributed by atoms with Crippen molar-refractivity contribution in [3.05, 3.63) is 88.7 Å². The SMILES string of the molecule is Cc1cccn2cc(-c3ccc(C[C@@H](CN)CC(=O)c4ccc(OC(C)C)c(Cl)c4)cc3)nc12. The monoisotopic (exact) mass is 475 g/mol. The van der Waals surface area contributed by atoms with Gasteiger partial charge >= 0.3 is 0 Å². The number of benzene rings is 2. The van der Waals surface area contributed by atoms with Gasteiger partial charge in [-0.25, -0.2) is 4.98 Å². The third-order valence-corrected chi connectivity index (χ3v) is 6.17. The second-order valence-electron chi connectivity index (χ2n) is 8.99. The molecule has 2 N–H and O–H groups in total. The summed E-state index contributed by atoms with van der Waals surface area (Å²) in [5.41, 5.74) is 11.9. The fourth-order valence-electron chi connectivity index (χ4n) is 4.08. The molecule has 0 fully saturated rings. The Morgan fingerprint density at radius 2 is 1.91 bits per heavy atom. The maximum absolute atomic E-state index is 12.9. The third kappa shape index (κ3) is 5.49. The van der Waals surface area contributed by atoms with E-state index in [1.54, 1.807) is 18.2 Å². The van der Waals surface area contributed by atoms with Crippen LogP contribution in [-0.2, 0) is 6.42 Å².